The van der Waals surface area contributed by atoms with Crippen molar-refractivity contribution >= 4 is 5.91 Å². The maximum absolute atomic E-state index is 12.2. The van der Waals surface area contributed by atoms with E-state index in [1.165, 1.54) is 6.42 Å². The fourth-order valence-electron chi connectivity index (χ4n) is 3.12. The Hall–Kier alpha value is -1.47. The predicted octanol–water partition coefficient (Wildman–Crippen LogP) is 1.03. The van der Waals surface area contributed by atoms with E-state index < -0.39 is 0 Å². The Labute approximate surface area is 130 Å². The minimum atomic E-state index is 0.0815. The topological polar surface area (TPSA) is 69.5 Å². The molecule has 0 aromatic carbocycles. The van der Waals surface area contributed by atoms with Crippen molar-refractivity contribution in [2.75, 3.05) is 32.9 Å². The number of amides is 1. The molecule has 3 heterocycles. The number of carbonyl (C=O) groups excluding carboxylic acids is 1. The van der Waals surface area contributed by atoms with Crippen molar-refractivity contribution in [1.29, 1.82) is 0 Å². The van der Waals surface area contributed by atoms with E-state index in [9.17, 15) is 4.79 Å². The largest absolute Gasteiger partial charge is 0.376 e. The van der Waals surface area contributed by atoms with Crippen molar-refractivity contribution in [3.8, 4) is 0 Å². The van der Waals surface area contributed by atoms with Gasteiger partial charge in [-0.05, 0) is 32.1 Å². The van der Waals surface area contributed by atoms with Gasteiger partial charge in [0.1, 0.15) is 19.3 Å². The predicted molar refractivity (Wildman–Crippen MR) is 79.3 cm³/mol. The van der Waals surface area contributed by atoms with E-state index in [-0.39, 0.29) is 18.6 Å². The molecule has 1 atom stereocenters. The second-order valence-corrected chi connectivity index (χ2v) is 6.02. The molecule has 7 heteroatoms. The summed E-state index contributed by atoms with van der Waals surface area (Å²) >= 11 is 0. The van der Waals surface area contributed by atoms with Crippen LogP contribution in [0.4, 0.5) is 0 Å². The molecule has 2 aliphatic rings. The molecule has 2 saturated heterocycles. The molecule has 1 unspecified atom stereocenters. The number of likely N-dealkylation sites (tertiary alicyclic amines) is 1. The summed E-state index contributed by atoms with van der Waals surface area (Å²) in [5, 5.41) is 7.67. The number of aromatic nitrogens is 3. The summed E-state index contributed by atoms with van der Waals surface area (Å²) in [5.41, 5.74) is 0. The van der Waals surface area contributed by atoms with Gasteiger partial charge in [0.15, 0.2) is 0 Å². The van der Waals surface area contributed by atoms with Crippen LogP contribution >= 0.6 is 0 Å². The van der Waals surface area contributed by atoms with Crippen LogP contribution in [-0.4, -0.2) is 64.6 Å². The number of piperidine rings is 1. The van der Waals surface area contributed by atoms with E-state index in [4.69, 9.17) is 9.47 Å². The van der Waals surface area contributed by atoms with Crippen LogP contribution in [0.1, 0.15) is 38.1 Å². The van der Waals surface area contributed by atoms with Gasteiger partial charge in [0.2, 0.25) is 5.91 Å². The van der Waals surface area contributed by atoms with Crippen molar-refractivity contribution < 1.29 is 14.3 Å². The van der Waals surface area contributed by atoms with Crippen molar-refractivity contribution in [3.63, 3.8) is 0 Å². The van der Waals surface area contributed by atoms with Gasteiger partial charge in [-0.2, -0.15) is 0 Å². The van der Waals surface area contributed by atoms with Crippen molar-refractivity contribution in [1.82, 2.24) is 19.7 Å². The van der Waals surface area contributed by atoms with E-state index in [0.717, 1.165) is 45.4 Å². The van der Waals surface area contributed by atoms with Gasteiger partial charge in [-0.3, -0.25) is 4.79 Å². The van der Waals surface area contributed by atoms with Gasteiger partial charge < -0.3 is 18.9 Å². The van der Waals surface area contributed by atoms with Gasteiger partial charge in [-0.1, -0.05) is 0 Å². The molecule has 2 fully saturated rings. The zero-order valence-electron chi connectivity index (χ0n) is 12.9. The first-order valence-electron chi connectivity index (χ1n) is 8.14. The van der Waals surface area contributed by atoms with Gasteiger partial charge in [0.05, 0.1) is 12.7 Å². The molecule has 1 amide bonds. The summed E-state index contributed by atoms with van der Waals surface area (Å²) in [5.74, 6) is 0.0815. The second kappa shape index (κ2) is 7.69. The van der Waals surface area contributed by atoms with Crippen LogP contribution in [0.25, 0.3) is 0 Å². The zero-order valence-corrected chi connectivity index (χ0v) is 12.9. The molecule has 22 heavy (non-hydrogen) atoms. The number of nitrogens with zero attached hydrogens (tertiary/aromatic N) is 4. The number of ether oxygens (including phenoxy) is 2. The van der Waals surface area contributed by atoms with Gasteiger partial charge in [-0.15, -0.1) is 10.2 Å². The third kappa shape index (κ3) is 4.04. The Bertz CT molecular complexity index is 451. The van der Waals surface area contributed by atoms with Crippen LogP contribution in [0.3, 0.4) is 0 Å². The molecular weight excluding hydrogens is 284 g/mol. The van der Waals surface area contributed by atoms with Crippen LogP contribution in [0.15, 0.2) is 12.7 Å². The highest BCUT2D eigenvalue weighted by Gasteiger charge is 2.24. The number of rotatable bonds is 5. The van der Waals surface area contributed by atoms with Gasteiger partial charge in [0, 0.05) is 25.7 Å². The molecule has 0 saturated carbocycles. The maximum Gasteiger partial charge on any atom is 0.248 e. The summed E-state index contributed by atoms with van der Waals surface area (Å²) in [6, 6.07) is 0.399. The minimum Gasteiger partial charge on any atom is -0.376 e. The van der Waals surface area contributed by atoms with Crippen molar-refractivity contribution in [2.45, 2.75) is 44.2 Å². The average Bonchev–Trinajstić information content (AvgIpc) is 3.10. The molecule has 122 valence electrons. The quantitative estimate of drug-likeness (QED) is 0.812. The zero-order chi connectivity index (χ0) is 15.2. The van der Waals surface area contributed by atoms with Crippen molar-refractivity contribution in [2.24, 2.45) is 0 Å². The highest BCUT2D eigenvalue weighted by atomic mass is 16.5. The van der Waals surface area contributed by atoms with Crippen molar-refractivity contribution in [3.05, 3.63) is 12.7 Å². The highest BCUT2D eigenvalue weighted by Crippen LogP contribution is 2.21. The van der Waals surface area contributed by atoms with Crippen LogP contribution < -0.4 is 0 Å². The van der Waals surface area contributed by atoms with E-state index >= 15 is 0 Å². The number of hydrogen-bond donors (Lipinski definition) is 0. The molecule has 2 aliphatic heterocycles. The smallest absolute Gasteiger partial charge is 0.248 e. The first kappa shape index (κ1) is 15.4. The Kier molecular flexibility index (Phi) is 5.39. The fourth-order valence-corrected chi connectivity index (χ4v) is 3.12. The molecule has 7 nitrogen and oxygen atoms in total. The van der Waals surface area contributed by atoms with E-state index in [1.54, 1.807) is 12.7 Å². The summed E-state index contributed by atoms with van der Waals surface area (Å²) in [7, 11) is 0. The molecule has 0 bridgehead atoms. The van der Waals surface area contributed by atoms with E-state index in [1.807, 2.05) is 9.47 Å². The molecule has 0 spiro atoms. The number of hydrogen-bond acceptors (Lipinski definition) is 5. The van der Waals surface area contributed by atoms with E-state index in [0.29, 0.717) is 12.6 Å². The third-order valence-corrected chi connectivity index (χ3v) is 4.48. The Morgan fingerprint density at radius 3 is 2.64 bits per heavy atom. The van der Waals surface area contributed by atoms with Crippen LogP contribution in [0.5, 0.6) is 0 Å². The minimum absolute atomic E-state index is 0.0815. The SMILES string of the molecule is O=C(COCC1CCCCO1)N1CCC(n2cnnc2)CC1. The van der Waals surface area contributed by atoms with Crippen LogP contribution in [0.2, 0.25) is 0 Å². The van der Waals surface area contributed by atoms with Crippen LogP contribution in [-0.2, 0) is 14.3 Å². The van der Waals surface area contributed by atoms with Gasteiger partial charge in [0.25, 0.3) is 0 Å². The number of carbonyl (C=O) groups is 1. The lowest BCUT2D eigenvalue weighted by Gasteiger charge is -2.32. The molecular formula is C15H24N4O3. The summed E-state index contributed by atoms with van der Waals surface area (Å²) in [6.07, 6.45) is 8.91. The summed E-state index contributed by atoms with van der Waals surface area (Å²) < 4.78 is 13.2. The maximum atomic E-state index is 12.2. The lowest BCUT2D eigenvalue weighted by atomic mass is 10.1. The molecule has 0 N–H and O–H groups in total. The first-order chi connectivity index (χ1) is 10.8. The molecule has 3 rings (SSSR count). The Balaban J connectivity index is 1.35. The van der Waals surface area contributed by atoms with Crippen LogP contribution in [0, 0.1) is 0 Å². The lowest BCUT2D eigenvalue weighted by Crippen LogP contribution is -2.41. The second-order valence-electron chi connectivity index (χ2n) is 6.02. The summed E-state index contributed by atoms with van der Waals surface area (Å²) in [4.78, 5) is 14.1. The fraction of sp³-hybridized carbons (Fsp3) is 0.800. The van der Waals surface area contributed by atoms with Gasteiger partial charge >= 0.3 is 0 Å². The Morgan fingerprint density at radius 1 is 1.18 bits per heavy atom. The molecule has 1 aromatic rings. The first-order valence-corrected chi connectivity index (χ1v) is 8.14. The average molecular weight is 308 g/mol. The third-order valence-electron chi connectivity index (χ3n) is 4.48. The normalized spacial score (nSPS) is 23.6. The Morgan fingerprint density at radius 2 is 1.95 bits per heavy atom. The molecule has 0 radical (unpaired) electrons. The molecule has 1 aromatic heterocycles. The molecule has 0 aliphatic carbocycles. The lowest BCUT2D eigenvalue weighted by molar-refractivity contribution is -0.139. The summed E-state index contributed by atoms with van der Waals surface area (Å²) in [6.45, 7) is 3.05. The monoisotopic (exact) mass is 308 g/mol. The van der Waals surface area contributed by atoms with E-state index in [2.05, 4.69) is 10.2 Å². The highest BCUT2D eigenvalue weighted by molar-refractivity contribution is 5.77. The van der Waals surface area contributed by atoms with Gasteiger partial charge in [-0.25, -0.2) is 0 Å². The standard InChI is InChI=1S/C15H24N4O3/c20-15(10-21-9-14-3-1-2-8-22-14)18-6-4-13(5-7-18)19-11-16-17-12-19/h11-14H,1-10H2.